The number of nitrogens with one attached hydrogen (secondary N) is 1. The molecule has 4 atom stereocenters. The molecule has 2 aliphatic carbocycles. The van der Waals surface area contributed by atoms with Crippen molar-refractivity contribution in [3.8, 4) is 0 Å². The van der Waals surface area contributed by atoms with Gasteiger partial charge in [0.1, 0.15) is 0 Å². The lowest BCUT2D eigenvalue weighted by Gasteiger charge is -2.42. The number of hydrogen-bond acceptors (Lipinski definition) is 4. The van der Waals surface area contributed by atoms with Crippen molar-refractivity contribution in [3.05, 3.63) is 76.8 Å². The molecule has 1 amide bonds. The predicted octanol–water partition coefficient (Wildman–Crippen LogP) is 5.92. The van der Waals surface area contributed by atoms with Gasteiger partial charge in [0, 0.05) is 45.9 Å². The monoisotopic (exact) mass is 521 g/mol. The number of rotatable bonds is 6. The van der Waals surface area contributed by atoms with Crippen LogP contribution in [0, 0.1) is 29.3 Å². The summed E-state index contributed by atoms with van der Waals surface area (Å²) in [5, 5.41) is 18.8. The average Bonchev–Trinajstić information content (AvgIpc) is 3.34. The van der Waals surface area contributed by atoms with E-state index < -0.39 is 29.0 Å². The van der Waals surface area contributed by atoms with Crippen LogP contribution in [0.5, 0.6) is 0 Å². The number of nitrogens with zero attached hydrogens (tertiary/aromatic N) is 2. The van der Waals surface area contributed by atoms with E-state index in [1.165, 1.54) is 6.07 Å². The van der Waals surface area contributed by atoms with Gasteiger partial charge in [-0.2, -0.15) is 5.10 Å². The second-order valence-electron chi connectivity index (χ2n) is 9.23. The Morgan fingerprint density at radius 2 is 1.86 bits per heavy atom. The highest BCUT2D eigenvalue weighted by Crippen LogP contribution is 2.54. The third-order valence-electron chi connectivity index (χ3n) is 7.08. The number of fused-ring (bicyclic) bond motifs is 2. The standard InChI is InChI=1S/C25H23ClF3N3O2S/c26-19-5-2-14(24(33)31-17-11-20(27)23(29)21(28)12-17)8-22(19)35-18-9-15-3-4-16(10-18)25(15,34)13-32-7-1-6-30-32/h1-2,5-8,11-12,15-16,18,34H,3-4,9-10,13H2,(H,31,33)/t15-,16?,18?,25?/m0/s1. The van der Waals surface area contributed by atoms with Gasteiger partial charge in [-0.1, -0.05) is 11.6 Å². The first kappa shape index (κ1) is 24.2. The maximum atomic E-state index is 13.5. The van der Waals surface area contributed by atoms with Crippen molar-refractivity contribution >= 4 is 35.0 Å². The molecule has 2 bridgehead atoms. The summed E-state index contributed by atoms with van der Waals surface area (Å²) in [4.78, 5) is 13.4. The largest absolute Gasteiger partial charge is 0.387 e. The van der Waals surface area contributed by atoms with E-state index >= 15 is 0 Å². The lowest BCUT2D eigenvalue weighted by Crippen LogP contribution is -2.48. The van der Waals surface area contributed by atoms with Crippen LogP contribution >= 0.6 is 23.4 Å². The van der Waals surface area contributed by atoms with Crippen molar-refractivity contribution in [2.45, 2.75) is 48.0 Å². The molecule has 184 valence electrons. The maximum absolute atomic E-state index is 13.5. The Balaban J connectivity index is 1.28. The van der Waals surface area contributed by atoms with Crippen LogP contribution in [0.2, 0.25) is 5.02 Å². The molecule has 1 aromatic heterocycles. The molecule has 1 heterocycles. The van der Waals surface area contributed by atoms with Crippen LogP contribution < -0.4 is 5.32 Å². The molecule has 35 heavy (non-hydrogen) atoms. The molecule has 2 N–H and O–H groups in total. The fourth-order valence-corrected chi connectivity index (χ4v) is 7.01. The Kier molecular flexibility index (Phi) is 6.59. The highest BCUT2D eigenvalue weighted by atomic mass is 35.5. The van der Waals surface area contributed by atoms with E-state index in [0.29, 0.717) is 11.6 Å². The van der Waals surface area contributed by atoms with Crippen molar-refractivity contribution in [3.63, 3.8) is 0 Å². The van der Waals surface area contributed by atoms with E-state index in [9.17, 15) is 23.1 Å². The molecule has 2 aromatic carbocycles. The van der Waals surface area contributed by atoms with Crippen LogP contribution in [-0.2, 0) is 6.54 Å². The summed E-state index contributed by atoms with van der Waals surface area (Å²) in [5.41, 5.74) is -0.708. The third kappa shape index (κ3) is 4.81. The predicted molar refractivity (Wildman–Crippen MR) is 128 cm³/mol. The lowest BCUT2D eigenvalue weighted by atomic mass is 9.74. The van der Waals surface area contributed by atoms with Crippen LogP contribution in [0.15, 0.2) is 53.7 Å². The zero-order valence-electron chi connectivity index (χ0n) is 18.6. The Morgan fingerprint density at radius 1 is 1.17 bits per heavy atom. The van der Waals surface area contributed by atoms with Gasteiger partial charge in [-0.05, 0) is 61.8 Å². The number of carbonyl (C=O) groups is 1. The number of anilines is 1. The number of hydrogen-bond donors (Lipinski definition) is 2. The zero-order chi connectivity index (χ0) is 24.7. The normalized spacial score (nSPS) is 25.6. The first-order valence-electron chi connectivity index (χ1n) is 11.3. The molecule has 2 saturated carbocycles. The molecule has 0 saturated heterocycles. The first-order chi connectivity index (χ1) is 16.7. The van der Waals surface area contributed by atoms with Crippen molar-refractivity contribution in [1.82, 2.24) is 9.78 Å². The fourth-order valence-electron chi connectivity index (χ4n) is 5.36. The Morgan fingerprint density at radius 3 is 2.49 bits per heavy atom. The maximum Gasteiger partial charge on any atom is 0.255 e. The molecule has 3 aromatic rings. The van der Waals surface area contributed by atoms with E-state index in [-0.39, 0.29) is 28.3 Å². The average molecular weight is 522 g/mol. The molecule has 10 heteroatoms. The summed E-state index contributed by atoms with van der Waals surface area (Å²) in [6.07, 6.45) is 7.13. The number of carbonyl (C=O) groups excluding carboxylic acids is 1. The van der Waals surface area contributed by atoms with Gasteiger partial charge >= 0.3 is 0 Å². The molecule has 5 nitrogen and oxygen atoms in total. The molecular weight excluding hydrogens is 499 g/mol. The van der Waals surface area contributed by atoms with Crippen molar-refractivity contribution < 1.29 is 23.1 Å². The molecule has 0 spiro atoms. The second-order valence-corrected chi connectivity index (χ2v) is 11.0. The van der Waals surface area contributed by atoms with Crippen LogP contribution in [0.1, 0.15) is 36.0 Å². The molecule has 2 aliphatic rings. The van der Waals surface area contributed by atoms with E-state index in [0.717, 1.165) is 42.7 Å². The summed E-state index contributed by atoms with van der Waals surface area (Å²) in [6.45, 7) is 0.480. The van der Waals surface area contributed by atoms with Crippen LogP contribution in [-0.4, -0.2) is 31.6 Å². The minimum Gasteiger partial charge on any atom is -0.387 e. The summed E-state index contributed by atoms with van der Waals surface area (Å²) in [5.74, 6) is -4.65. The SMILES string of the molecule is O=C(Nc1cc(F)c(F)c(F)c1)c1ccc(Cl)c(SC2CC3CC[C@@H](C2)C3(O)Cn2cccn2)c1. The van der Waals surface area contributed by atoms with Crippen LogP contribution in [0.3, 0.4) is 0 Å². The minimum atomic E-state index is -1.59. The second kappa shape index (κ2) is 9.52. The number of thioether (sulfide) groups is 1. The summed E-state index contributed by atoms with van der Waals surface area (Å²) in [7, 11) is 0. The van der Waals surface area contributed by atoms with E-state index in [1.807, 2.05) is 12.3 Å². The van der Waals surface area contributed by atoms with Crippen LogP contribution in [0.25, 0.3) is 0 Å². The Hall–Kier alpha value is -2.49. The van der Waals surface area contributed by atoms with Gasteiger partial charge in [0.2, 0.25) is 0 Å². The number of aromatic nitrogens is 2. The molecule has 5 rings (SSSR count). The number of benzene rings is 2. The molecule has 0 aliphatic heterocycles. The van der Waals surface area contributed by atoms with E-state index in [1.54, 1.807) is 34.8 Å². The fraction of sp³-hybridized carbons (Fsp3) is 0.360. The first-order valence-corrected chi connectivity index (χ1v) is 12.6. The van der Waals surface area contributed by atoms with Crippen molar-refractivity contribution in [2.24, 2.45) is 11.8 Å². The summed E-state index contributed by atoms with van der Waals surface area (Å²) < 4.78 is 42.0. The van der Waals surface area contributed by atoms with Gasteiger partial charge in [-0.15, -0.1) is 11.8 Å². The van der Waals surface area contributed by atoms with E-state index in [2.05, 4.69) is 10.4 Å². The van der Waals surface area contributed by atoms with Gasteiger partial charge in [0.05, 0.1) is 17.2 Å². The molecule has 0 radical (unpaired) electrons. The Labute approximate surface area is 209 Å². The molecule has 3 unspecified atom stereocenters. The topological polar surface area (TPSA) is 67.2 Å². The highest BCUT2D eigenvalue weighted by molar-refractivity contribution is 8.00. The van der Waals surface area contributed by atoms with Crippen LogP contribution in [0.4, 0.5) is 18.9 Å². The van der Waals surface area contributed by atoms with Gasteiger partial charge in [0.15, 0.2) is 17.5 Å². The minimum absolute atomic E-state index is 0.150. The number of halogens is 4. The third-order valence-corrected chi connectivity index (χ3v) is 8.83. The number of aliphatic hydroxyl groups is 1. The zero-order valence-corrected chi connectivity index (χ0v) is 20.1. The summed E-state index contributed by atoms with van der Waals surface area (Å²) in [6, 6.07) is 8.07. The smallest absolute Gasteiger partial charge is 0.255 e. The molecule has 2 fully saturated rings. The van der Waals surface area contributed by atoms with Gasteiger partial charge in [0.25, 0.3) is 5.91 Å². The highest BCUT2D eigenvalue weighted by Gasteiger charge is 2.53. The quantitative estimate of drug-likeness (QED) is 0.395. The summed E-state index contributed by atoms with van der Waals surface area (Å²) >= 11 is 8.00. The van der Waals surface area contributed by atoms with Crippen molar-refractivity contribution in [2.75, 3.05) is 5.32 Å². The molecular formula is C25H23ClF3N3O2S. The van der Waals surface area contributed by atoms with Gasteiger partial charge in [-0.25, -0.2) is 13.2 Å². The Bertz CT molecular complexity index is 1220. The van der Waals surface area contributed by atoms with E-state index in [4.69, 9.17) is 11.6 Å². The van der Waals surface area contributed by atoms with Gasteiger partial charge in [-0.3, -0.25) is 9.48 Å². The number of amides is 1. The van der Waals surface area contributed by atoms with Gasteiger partial charge < -0.3 is 10.4 Å². The lowest BCUT2D eigenvalue weighted by molar-refractivity contribution is -0.0730. The van der Waals surface area contributed by atoms with Crippen molar-refractivity contribution in [1.29, 1.82) is 0 Å².